The van der Waals surface area contributed by atoms with Crippen LogP contribution in [0.3, 0.4) is 0 Å². The van der Waals surface area contributed by atoms with Crippen molar-refractivity contribution in [3.05, 3.63) is 24.3 Å². The summed E-state index contributed by atoms with van der Waals surface area (Å²) < 4.78 is 54.8. The van der Waals surface area contributed by atoms with Crippen LogP contribution >= 0.6 is 10.7 Å². The topological polar surface area (TPSA) is 89.5 Å². The van der Waals surface area contributed by atoms with Gasteiger partial charge in [0, 0.05) is 23.3 Å². The first kappa shape index (κ1) is 16.7. The van der Waals surface area contributed by atoms with Crippen LogP contribution in [0.15, 0.2) is 34.1 Å². The highest BCUT2D eigenvalue weighted by molar-refractivity contribution is 8.13. The molecule has 1 aliphatic carbocycles. The number of ether oxygens (including phenoxy) is 1. The molecule has 1 saturated carbocycles. The molecule has 0 bridgehead atoms. The molecule has 118 valence electrons. The molecule has 0 saturated heterocycles. The molecule has 0 amide bonds. The van der Waals surface area contributed by atoms with E-state index in [-0.39, 0.29) is 21.9 Å². The Hall–Kier alpha value is -0.670. The van der Waals surface area contributed by atoms with Crippen LogP contribution in [0.2, 0.25) is 0 Å². The van der Waals surface area contributed by atoms with Gasteiger partial charge < -0.3 is 4.74 Å². The van der Waals surface area contributed by atoms with Crippen LogP contribution in [-0.2, 0) is 23.8 Å². The van der Waals surface area contributed by atoms with Crippen molar-refractivity contribution in [2.75, 3.05) is 6.61 Å². The molecule has 1 aromatic carbocycles. The molecule has 0 heterocycles. The Bertz CT molecular complexity index is 711. The van der Waals surface area contributed by atoms with Crippen molar-refractivity contribution < 1.29 is 21.6 Å². The summed E-state index contributed by atoms with van der Waals surface area (Å²) in [6, 6.07) is 4.77. The van der Waals surface area contributed by atoms with E-state index in [2.05, 4.69) is 4.72 Å². The van der Waals surface area contributed by atoms with E-state index in [4.69, 9.17) is 15.4 Å². The molecular weight excluding hydrogens is 338 g/mol. The molecule has 1 fully saturated rings. The van der Waals surface area contributed by atoms with E-state index in [0.717, 1.165) is 6.07 Å². The monoisotopic (exact) mass is 353 g/mol. The molecule has 1 N–H and O–H groups in total. The SMILES string of the molecule is CCOC1CC(NS(=O)(=O)c2cccc(S(=O)(=O)Cl)c2)C1. The van der Waals surface area contributed by atoms with Crippen molar-refractivity contribution in [3.63, 3.8) is 0 Å². The predicted molar refractivity (Wildman–Crippen MR) is 78.2 cm³/mol. The van der Waals surface area contributed by atoms with Crippen molar-refractivity contribution in [3.8, 4) is 0 Å². The number of halogens is 1. The van der Waals surface area contributed by atoms with Gasteiger partial charge in [0.15, 0.2) is 0 Å². The lowest BCUT2D eigenvalue weighted by molar-refractivity contribution is -0.00475. The van der Waals surface area contributed by atoms with Gasteiger partial charge in [-0.25, -0.2) is 21.6 Å². The maximum absolute atomic E-state index is 12.2. The first-order valence-corrected chi connectivity index (χ1v) is 10.2. The van der Waals surface area contributed by atoms with Crippen molar-refractivity contribution in [1.82, 2.24) is 4.72 Å². The molecule has 0 unspecified atom stereocenters. The average Bonchev–Trinajstić information content (AvgIpc) is 2.35. The number of hydrogen-bond acceptors (Lipinski definition) is 5. The highest BCUT2D eigenvalue weighted by atomic mass is 35.7. The predicted octanol–water partition coefficient (Wildman–Crippen LogP) is 1.46. The van der Waals surface area contributed by atoms with Gasteiger partial charge in [-0.15, -0.1) is 0 Å². The quantitative estimate of drug-likeness (QED) is 0.782. The highest BCUT2D eigenvalue weighted by Crippen LogP contribution is 2.26. The number of rotatable bonds is 6. The van der Waals surface area contributed by atoms with Crippen molar-refractivity contribution >= 4 is 29.8 Å². The van der Waals surface area contributed by atoms with E-state index in [0.29, 0.717) is 19.4 Å². The number of hydrogen-bond donors (Lipinski definition) is 1. The molecule has 9 heteroatoms. The van der Waals surface area contributed by atoms with Crippen molar-refractivity contribution in [2.24, 2.45) is 0 Å². The largest absolute Gasteiger partial charge is 0.378 e. The third-order valence-corrected chi connectivity index (χ3v) is 6.09. The van der Waals surface area contributed by atoms with Crippen LogP contribution in [0.5, 0.6) is 0 Å². The molecule has 21 heavy (non-hydrogen) atoms. The van der Waals surface area contributed by atoms with E-state index in [9.17, 15) is 16.8 Å². The minimum atomic E-state index is -3.96. The summed E-state index contributed by atoms with van der Waals surface area (Å²) in [5.41, 5.74) is 0. The Morgan fingerprint density at radius 3 is 2.43 bits per heavy atom. The zero-order valence-electron chi connectivity index (χ0n) is 11.3. The summed E-state index contributed by atoms with van der Waals surface area (Å²) in [7, 11) is -2.51. The summed E-state index contributed by atoms with van der Waals surface area (Å²) in [5, 5.41) is 0. The fraction of sp³-hybridized carbons (Fsp3) is 0.500. The van der Waals surface area contributed by atoms with Gasteiger partial charge in [0.1, 0.15) is 0 Å². The second kappa shape index (κ2) is 6.21. The lowest BCUT2D eigenvalue weighted by Crippen LogP contribution is -2.47. The smallest absolute Gasteiger partial charge is 0.261 e. The minimum Gasteiger partial charge on any atom is -0.378 e. The molecule has 6 nitrogen and oxygen atoms in total. The number of sulfonamides is 1. The molecule has 1 aromatic rings. The lowest BCUT2D eigenvalue weighted by Gasteiger charge is -2.35. The highest BCUT2D eigenvalue weighted by Gasteiger charge is 2.33. The molecule has 0 atom stereocenters. The molecule has 2 rings (SSSR count). The summed E-state index contributed by atoms with van der Waals surface area (Å²) in [6.07, 6.45) is 1.30. The van der Waals surface area contributed by atoms with E-state index in [1.54, 1.807) is 0 Å². The fourth-order valence-corrected chi connectivity index (χ4v) is 4.29. The van der Waals surface area contributed by atoms with Gasteiger partial charge in [-0.3, -0.25) is 0 Å². The molecule has 0 radical (unpaired) electrons. The Balaban J connectivity index is 2.11. The van der Waals surface area contributed by atoms with Gasteiger partial charge in [-0.1, -0.05) is 6.07 Å². The second-order valence-electron chi connectivity index (χ2n) is 4.78. The van der Waals surface area contributed by atoms with E-state index in [1.807, 2.05) is 6.92 Å². The summed E-state index contributed by atoms with van der Waals surface area (Å²) in [5.74, 6) is 0. The van der Waals surface area contributed by atoms with Gasteiger partial charge in [0.2, 0.25) is 10.0 Å². The Labute approximate surface area is 128 Å². The van der Waals surface area contributed by atoms with Gasteiger partial charge in [0.25, 0.3) is 9.05 Å². The van der Waals surface area contributed by atoms with Crippen LogP contribution in [0.1, 0.15) is 19.8 Å². The van der Waals surface area contributed by atoms with E-state index in [1.165, 1.54) is 18.2 Å². The summed E-state index contributed by atoms with van der Waals surface area (Å²) in [4.78, 5) is -0.364. The Morgan fingerprint density at radius 2 is 1.86 bits per heavy atom. The standard InChI is InChI=1S/C12H16ClNO5S2/c1-2-19-10-6-9(7-10)14-21(17,18)12-5-3-4-11(8-12)20(13,15)16/h3-5,8-10,14H,2,6-7H2,1H3. The Kier molecular flexibility index (Phi) is 4.94. The Morgan fingerprint density at radius 1 is 1.24 bits per heavy atom. The van der Waals surface area contributed by atoms with Crippen LogP contribution in [0.4, 0.5) is 0 Å². The molecule has 0 aromatic heterocycles. The minimum absolute atomic E-state index is 0.0808. The lowest BCUT2D eigenvalue weighted by atomic mass is 9.90. The normalized spacial score (nSPS) is 22.8. The maximum Gasteiger partial charge on any atom is 0.261 e. The van der Waals surface area contributed by atoms with Gasteiger partial charge in [0.05, 0.1) is 15.9 Å². The summed E-state index contributed by atoms with van der Waals surface area (Å²) >= 11 is 0. The zero-order valence-corrected chi connectivity index (χ0v) is 13.7. The van der Waals surface area contributed by atoms with Crippen LogP contribution in [-0.4, -0.2) is 35.6 Å². The van der Waals surface area contributed by atoms with E-state index < -0.39 is 19.1 Å². The van der Waals surface area contributed by atoms with Crippen molar-refractivity contribution in [2.45, 2.75) is 41.7 Å². The molecule has 1 aliphatic rings. The number of benzene rings is 1. The van der Waals surface area contributed by atoms with Crippen molar-refractivity contribution in [1.29, 1.82) is 0 Å². The molecular formula is C12H16ClNO5S2. The molecule has 0 spiro atoms. The maximum atomic E-state index is 12.2. The zero-order chi connectivity index (χ0) is 15.7. The van der Waals surface area contributed by atoms with Gasteiger partial charge in [-0.2, -0.15) is 0 Å². The summed E-state index contributed by atoms with van der Waals surface area (Å²) in [6.45, 7) is 2.48. The van der Waals surface area contributed by atoms with Crippen LogP contribution in [0.25, 0.3) is 0 Å². The van der Waals surface area contributed by atoms with Gasteiger partial charge >= 0.3 is 0 Å². The van der Waals surface area contributed by atoms with Crippen LogP contribution < -0.4 is 4.72 Å². The first-order valence-electron chi connectivity index (χ1n) is 6.41. The van der Waals surface area contributed by atoms with E-state index >= 15 is 0 Å². The van der Waals surface area contributed by atoms with Gasteiger partial charge in [-0.05, 0) is 38.0 Å². The number of nitrogens with one attached hydrogen (secondary N) is 1. The first-order chi connectivity index (χ1) is 9.72. The second-order valence-corrected chi connectivity index (χ2v) is 9.06. The van der Waals surface area contributed by atoms with Crippen LogP contribution in [0, 0.1) is 0 Å². The third-order valence-electron chi connectivity index (χ3n) is 3.22. The fourth-order valence-electron chi connectivity index (χ4n) is 2.11. The molecule has 0 aliphatic heterocycles. The third kappa shape index (κ3) is 4.17. The average molecular weight is 354 g/mol.